The summed E-state index contributed by atoms with van der Waals surface area (Å²) < 4.78 is 11.9. The van der Waals surface area contributed by atoms with Crippen LogP contribution in [0.1, 0.15) is 35.3 Å². The summed E-state index contributed by atoms with van der Waals surface area (Å²) in [6, 6.07) is 9.56. The molecule has 0 N–H and O–H groups in total. The second-order valence-electron chi connectivity index (χ2n) is 7.43. The number of rotatable bonds is 9. The zero-order chi connectivity index (χ0) is 22.5. The van der Waals surface area contributed by atoms with Crippen molar-refractivity contribution in [1.29, 1.82) is 0 Å². The van der Waals surface area contributed by atoms with Crippen LogP contribution in [0.15, 0.2) is 30.3 Å². The number of carbonyl (C=O) groups is 1. The maximum absolute atomic E-state index is 13.6. The molecular weight excluding hydrogens is 410 g/mol. The number of aryl methyl sites for hydroxylation is 2. The highest BCUT2D eigenvalue weighted by atomic mass is 32.1. The molecule has 0 aliphatic heterocycles. The summed E-state index contributed by atoms with van der Waals surface area (Å²) >= 11 is 1.45. The van der Waals surface area contributed by atoms with Crippen LogP contribution in [0.4, 0.5) is 5.13 Å². The number of ether oxygens (including phenoxy) is 2. The first-order chi connectivity index (χ1) is 14.9. The Bertz CT molecular complexity index is 1020. The third-order valence-corrected chi connectivity index (χ3v) is 6.76. The average Bonchev–Trinajstić information content (AvgIpc) is 3.22. The third kappa shape index (κ3) is 4.83. The van der Waals surface area contributed by atoms with Crippen LogP contribution in [0.2, 0.25) is 0 Å². The van der Waals surface area contributed by atoms with E-state index in [0.717, 1.165) is 35.6 Å². The van der Waals surface area contributed by atoms with Crippen molar-refractivity contribution < 1.29 is 14.3 Å². The van der Waals surface area contributed by atoms with Gasteiger partial charge in [0.15, 0.2) is 5.13 Å². The van der Waals surface area contributed by atoms with Gasteiger partial charge in [-0.05, 0) is 62.3 Å². The normalized spacial score (nSPS) is 11.2. The van der Waals surface area contributed by atoms with Gasteiger partial charge in [-0.15, -0.1) is 0 Å². The molecule has 0 aliphatic carbocycles. The summed E-state index contributed by atoms with van der Waals surface area (Å²) in [6.07, 6.45) is 0. The molecule has 0 aliphatic rings. The van der Waals surface area contributed by atoms with Crippen molar-refractivity contribution in [1.82, 2.24) is 9.88 Å². The molecule has 6 nitrogen and oxygen atoms in total. The lowest BCUT2D eigenvalue weighted by atomic mass is 10.1. The van der Waals surface area contributed by atoms with Crippen LogP contribution >= 0.6 is 11.3 Å². The summed E-state index contributed by atoms with van der Waals surface area (Å²) in [6.45, 7) is 11.5. The molecule has 1 heterocycles. The predicted octanol–water partition coefficient (Wildman–Crippen LogP) is 4.92. The van der Waals surface area contributed by atoms with E-state index in [-0.39, 0.29) is 5.91 Å². The van der Waals surface area contributed by atoms with E-state index in [1.165, 1.54) is 16.9 Å². The van der Waals surface area contributed by atoms with Gasteiger partial charge in [-0.25, -0.2) is 4.98 Å². The fourth-order valence-corrected chi connectivity index (χ4v) is 4.58. The van der Waals surface area contributed by atoms with E-state index >= 15 is 0 Å². The van der Waals surface area contributed by atoms with Crippen LogP contribution in [-0.4, -0.2) is 56.2 Å². The zero-order valence-corrected chi connectivity index (χ0v) is 20.0. The average molecular weight is 442 g/mol. The number of hydrogen-bond acceptors (Lipinski definition) is 6. The van der Waals surface area contributed by atoms with E-state index in [2.05, 4.69) is 18.7 Å². The number of carbonyl (C=O) groups excluding carboxylic acids is 1. The Morgan fingerprint density at radius 2 is 1.65 bits per heavy atom. The molecule has 0 spiro atoms. The Labute approximate surface area is 188 Å². The molecule has 2 aromatic carbocycles. The molecule has 0 unspecified atom stereocenters. The van der Waals surface area contributed by atoms with Crippen LogP contribution in [-0.2, 0) is 0 Å². The molecule has 0 saturated carbocycles. The highest BCUT2D eigenvalue weighted by Crippen LogP contribution is 2.40. The van der Waals surface area contributed by atoms with Crippen LogP contribution < -0.4 is 14.4 Å². The Balaban J connectivity index is 2.06. The van der Waals surface area contributed by atoms with E-state index in [1.54, 1.807) is 19.1 Å². The Hall–Kier alpha value is -2.64. The van der Waals surface area contributed by atoms with Crippen LogP contribution in [0, 0.1) is 13.8 Å². The summed E-state index contributed by atoms with van der Waals surface area (Å²) in [7, 11) is 3.26. The lowest BCUT2D eigenvalue weighted by Crippen LogP contribution is -2.38. The summed E-state index contributed by atoms with van der Waals surface area (Å²) in [5.74, 6) is 1.34. The first-order valence-corrected chi connectivity index (χ1v) is 11.4. The first-order valence-electron chi connectivity index (χ1n) is 10.6. The van der Waals surface area contributed by atoms with Crippen molar-refractivity contribution in [3.63, 3.8) is 0 Å². The van der Waals surface area contributed by atoms with E-state index in [1.807, 2.05) is 44.2 Å². The molecule has 1 aromatic heterocycles. The van der Waals surface area contributed by atoms with Gasteiger partial charge >= 0.3 is 0 Å². The van der Waals surface area contributed by atoms with E-state index in [9.17, 15) is 4.79 Å². The summed E-state index contributed by atoms with van der Waals surface area (Å²) in [5, 5.41) is 0.646. The smallest absolute Gasteiger partial charge is 0.260 e. The second kappa shape index (κ2) is 10.1. The number of thiazole rings is 1. The van der Waals surface area contributed by atoms with Gasteiger partial charge in [0.05, 0.1) is 14.2 Å². The fourth-order valence-electron chi connectivity index (χ4n) is 3.49. The number of fused-ring (bicyclic) bond motifs is 1. The molecule has 0 radical (unpaired) electrons. The topological polar surface area (TPSA) is 54.9 Å². The van der Waals surface area contributed by atoms with Gasteiger partial charge in [0, 0.05) is 18.7 Å². The summed E-state index contributed by atoms with van der Waals surface area (Å²) in [4.78, 5) is 22.5. The van der Waals surface area contributed by atoms with Crippen molar-refractivity contribution in [2.75, 3.05) is 45.3 Å². The third-order valence-electron chi connectivity index (χ3n) is 5.66. The van der Waals surface area contributed by atoms with E-state index in [4.69, 9.17) is 14.5 Å². The number of aromatic nitrogens is 1. The minimum absolute atomic E-state index is 0.0488. The lowest BCUT2D eigenvalue weighted by Gasteiger charge is -2.25. The maximum Gasteiger partial charge on any atom is 0.260 e. The van der Waals surface area contributed by atoms with Crippen molar-refractivity contribution in [3.8, 4) is 11.5 Å². The minimum atomic E-state index is -0.0488. The van der Waals surface area contributed by atoms with Gasteiger partial charge in [-0.2, -0.15) is 0 Å². The van der Waals surface area contributed by atoms with Gasteiger partial charge in [0.1, 0.15) is 21.7 Å². The molecule has 0 saturated heterocycles. The van der Waals surface area contributed by atoms with Crippen molar-refractivity contribution in [2.24, 2.45) is 0 Å². The number of amides is 1. The van der Waals surface area contributed by atoms with E-state index < -0.39 is 0 Å². The van der Waals surface area contributed by atoms with Crippen LogP contribution in [0.25, 0.3) is 10.2 Å². The minimum Gasteiger partial charge on any atom is -0.495 e. The highest BCUT2D eigenvalue weighted by Gasteiger charge is 2.24. The number of hydrogen-bond donors (Lipinski definition) is 0. The molecule has 1 amide bonds. The Morgan fingerprint density at radius 1 is 0.968 bits per heavy atom. The number of methoxy groups -OCH3 is 2. The highest BCUT2D eigenvalue weighted by molar-refractivity contribution is 7.22. The fraction of sp³-hybridized carbons (Fsp3) is 0.417. The largest absolute Gasteiger partial charge is 0.495 e. The SMILES string of the molecule is CCN(CC)CCN(C(=O)c1ccc(C)c(C)c1)c1nc2c(OC)ccc(OC)c2s1. The number of anilines is 1. The molecule has 31 heavy (non-hydrogen) atoms. The van der Waals surface area contributed by atoms with E-state index in [0.29, 0.717) is 28.5 Å². The van der Waals surface area contributed by atoms with Crippen molar-refractivity contribution in [3.05, 3.63) is 47.0 Å². The van der Waals surface area contributed by atoms with Crippen LogP contribution in [0.3, 0.4) is 0 Å². The molecule has 0 bridgehead atoms. The maximum atomic E-state index is 13.6. The molecule has 3 aromatic rings. The lowest BCUT2D eigenvalue weighted by molar-refractivity contribution is 0.0983. The van der Waals surface area contributed by atoms with Crippen molar-refractivity contribution in [2.45, 2.75) is 27.7 Å². The zero-order valence-electron chi connectivity index (χ0n) is 19.2. The molecule has 0 atom stereocenters. The van der Waals surface area contributed by atoms with Gasteiger partial charge < -0.3 is 14.4 Å². The number of benzene rings is 2. The standard InChI is InChI=1S/C24H31N3O3S/c1-7-26(8-2)13-14-27(23(28)18-10-9-16(3)17(4)15-18)24-25-21-19(29-5)11-12-20(30-6)22(21)31-24/h9-12,15H,7-8,13-14H2,1-6H3. The van der Waals surface area contributed by atoms with Gasteiger partial charge in [-0.1, -0.05) is 31.3 Å². The quantitative estimate of drug-likeness (QED) is 0.472. The molecule has 0 fully saturated rings. The Morgan fingerprint density at radius 3 is 2.26 bits per heavy atom. The van der Waals surface area contributed by atoms with Gasteiger partial charge in [-0.3, -0.25) is 9.69 Å². The number of nitrogens with zero attached hydrogens (tertiary/aromatic N) is 3. The molecule has 7 heteroatoms. The monoisotopic (exact) mass is 441 g/mol. The van der Waals surface area contributed by atoms with Crippen LogP contribution in [0.5, 0.6) is 11.5 Å². The van der Waals surface area contributed by atoms with Crippen molar-refractivity contribution >= 4 is 32.6 Å². The first kappa shape index (κ1) is 23.0. The molecule has 3 rings (SSSR count). The predicted molar refractivity (Wildman–Crippen MR) is 128 cm³/mol. The molecule has 166 valence electrons. The Kier molecular flexibility index (Phi) is 7.51. The van der Waals surface area contributed by atoms with Gasteiger partial charge in [0.25, 0.3) is 5.91 Å². The van der Waals surface area contributed by atoms with Gasteiger partial charge in [0.2, 0.25) is 0 Å². The number of likely N-dealkylation sites (N-methyl/N-ethyl adjacent to an activating group) is 1. The molecular formula is C24H31N3O3S. The second-order valence-corrected chi connectivity index (χ2v) is 8.40. The summed E-state index contributed by atoms with van der Waals surface area (Å²) in [5.41, 5.74) is 3.64.